The maximum Gasteiger partial charge on any atom is 0.274 e. The molecule has 37 heavy (non-hydrogen) atoms. The number of thiazole rings is 1. The molecule has 9 nitrogen and oxygen atoms in total. The summed E-state index contributed by atoms with van der Waals surface area (Å²) >= 11 is 1.62. The van der Waals surface area contributed by atoms with Crippen molar-refractivity contribution in [3.05, 3.63) is 30.0 Å². The fourth-order valence-electron chi connectivity index (χ4n) is 5.46. The average molecular weight is 522 g/mol. The predicted molar refractivity (Wildman–Crippen MR) is 149 cm³/mol. The number of hydrogen-bond donors (Lipinski definition) is 1. The van der Waals surface area contributed by atoms with E-state index in [0.717, 1.165) is 84.9 Å². The molecule has 3 aromatic heterocycles. The van der Waals surface area contributed by atoms with Gasteiger partial charge in [-0.2, -0.15) is 4.98 Å². The van der Waals surface area contributed by atoms with Gasteiger partial charge in [0.25, 0.3) is 5.91 Å². The third-order valence-electron chi connectivity index (χ3n) is 7.69. The minimum atomic E-state index is -0.203. The van der Waals surface area contributed by atoms with Crippen molar-refractivity contribution in [3.8, 4) is 0 Å². The molecule has 0 spiro atoms. The molecule has 1 atom stereocenters. The minimum Gasteiger partial charge on any atom is -0.378 e. The van der Waals surface area contributed by atoms with E-state index in [1.165, 1.54) is 19.3 Å². The number of nitrogens with one attached hydrogen (secondary N) is 1. The molecule has 1 amide bonds. The number of piperidine rings is 1. The number of rotatable bonds is 6. The number of fused-ring (bicyclic) bond motifs is 1. The van der Waals surface area contributed by atoms with Gasteiger partial charge in [-0.3, -0.25) is 4.79 Å². The van der Waals surface area contributed by atoms with E-state index in [1.807, 2.05) is 18.2 Å². The first-order valence-corrected chi connectivity index (χ1v) is 14.4. The molecule has 3 aliphatic heterocycles. The van der Waals surface area contributed by atoms with Crippen LogP contribution in [0, 0.1) is 5.92 Å². The molecular formula is C27H35N7O2S. The normalized spacial score (nSPS) is 20.6. The third kappa shape index (κ3) is 5.22. The van der Waals surface area contributed by atoms with Crippen molar-refractivity contribution in [3.63, 3.8) is 0 Å². The van der Waals surface area contributed by atoms with Gasteiger partial charge in [0.2, 0.25) is 0 Å². The van der Waals surface area contributed by atoms with Crippen LogP contribution >= 0.6 is 11.3 Å². The van der Waals surface area contributed by atoms with Crippen LogP contribution in [0.4, 0.5) is 22.5 Å². The lowest BCUT2D eigenvalue weighted by Gasteiger charge is -2.29. The number of pyridine rings is 2. The predicted octanol–water partition coefficient (Wildman–Crippen LogP) is 4.40. The summed E-state index contributed by atoms with van der Waals surface area (Å²) in [5, 5.41) is 4.13. The van der Waals surface area contributed by atoms with Crippen molar-refractivity contribution in [1.82, 2.24) is 15.0 Å². The Morgan fingerprint density at radius 3 is 2.65 bits per heavy atom. The Morgan fingerprint density at radius 2 is 1.86 bits per heavy atom. The Balaban J connectivity index is 1.29. The standard InChI is InChI=1S/C27H35N7O2S/c1-2-19-9-12-34(18-19)23-8-6-7-20(28-23)26(35)29-21-17-22-24(30-25(21)32-10-4-3-5-11-32)31-27(37-22)33-13-15-36-16-14-33/h6-8,17,19H,2-5,9-16,18H2,1H3,(H,29,35)/t19-/m0/s1. The van der Waals surface area contributed by atoms with Crippen LogP contribution in [-0.2, 0) is 4.74 Å². The highest BCUT2D eigenvalue weighted by atomic mass is 32.1. The zero-order valence-corrected chi connectivity index (χ0v) is 22.3. The highest BCUT2D eigenvalue weighted by Crippen LogP contribution is 2.36. The van der Waals surface area contributed by atoms with E-state index >= 15 is 0 Å². The van der Waals surface area contributed by atoms with E-state index in [9.17, 15) is 4.79 Å². The van der Waals surface area contributed by atoms with Gasteiger partial charge in [0, 0.05) is 39.3 Å². The minimum absolute atomic E-state index is 0.203. The summed E-state index contributed by atoms with van der Waals surface area (Å²) in [7, 11) is 0. The van der Waals surface area contributed by atoms with Gasteiger partial charge in [-0.05, 0) is 49.8 Å². The van der Waals surface area contributed by atoms with Gasteiger partial charge >= 0.3 is 0 Å². The maximum absolute atomic E-state index is 13.5. The van der Waals surface area contributed by atoms with Crippen LogP contribution in [0.15, 0.2) is 24.3 Å². The molecule has 6 heterocycles. The SMILES string of the molecule is CC[C@H]1CCN(c2cccc(C(=O)Nc3cc4sc(N5CCOCC5)nc4nc3N3CCCCC3)n2)C1. The number of hydrogen-bond acceptors (Lipinski definition) is 9. The van der Waals surface area contributed by atoms with Crippen LogP contribution in [0.25, 0.3) is 10.3 Å². The van der Waals surface area contributed by atoms with Crippen molar-refractivity contribution in [2.45, 2.75) is 39.0 Å². The van der Waals surface area contributed by atoms with Crippen molar-refractivity contribution in [2.24, 2.45) is 5.92 Å². The number of carbonyl (C=O) groups is 1. The number of morpholine rings is 1. The average Bonchev–Trinajstić information content (AvgIpc) is 3.61. The summed E-state index contributed by atoms with van der Waals surface area (Å²) in [6, 6.07) is 7.78. The lowest BCUT2D eigenvalue weighted by atomic mass is 10.1. The second-order valence-electron chi connectivity index (χ2n) is 10.2. The number of amides is 1. The lowest BCUT2D eigenvalue weighted by molar-refractivity contribution is 0.102. The second-order valence-corrected chi connectivity index (χ2v) is 11.2. The summed E-state index contributed by atoms with van der Waals surface area (Å²) in [5.74, 6) is 2.18. The van der Waals surface area contributed by atoms with Crippen molar-refractivity contribution >= 4 is 50.0 Å². The lowest BCUT2D eigenvalue weighted by Crippen LogP contribution is -2.36. The maximum atomic E-state index is 13.5. The van der Waals surface area contributed by atoms with Crippen LogP contribution in [-0.4, -0.2) is 73.3 Å². The molecule has 0 aliphatic carbocycles. The zero-order valence-electron chi connectivity index (χ0n) is 21.5. The molecule has 0 aromatic carbocycles. The van der Waals surface area contributed by atoms with Gasteiger partial charge < -0.3 is 24.8 Å². The summed E-state index contributed by atoms with van der Waals surface area (Å²) in [4.78, 5) is 34.9. The summed E-state index contributed by atoms with van der Waals surface area (Å²) in [6.07, 6.45) is 5.84. The number of ether oxygens (including phenoxy) is 1. The van der Waals surface area contributed by atoms with Crippen LogP contribution in [0.1, 0.15) is 49.5 Å². The topological polar surface area (TPSA) is 86.7 Å². The first kappa shape index (κ1) is 24.4. The molecule has 6 rings (SSSR count). The van der Waals surface area contributed by atoms with Crippen molar-refractivity contribution in [1.29, 1.82) is 0 Å². The molecule has 3 aromatic rings. The highest BCUT2D eigenvalue weighted by Gasteiger charge is 2.25. The molecule has 0 bridgehead atoms. The Morgan fingerprint density at radius 1 is 1.03 bits per heavy atom. The molecule has 3 saturated heterocycles. The van der Waals surface area contributed by atoms with Crippen LogP contribution < -0.4 is 20.0 Å². The monoisotopic (exact) mass is 521 g/mol. The summed E-state index contributed by atoms with van der Waals surface area (Å²) in [5.41, 5.74) is 1.90. The van der Waals surface area contributed by atoms with Crippen LogP contribution in [0.5, 0.6) is 0 Å². The number of aromatic nitrogens is 3. The largest absolute Gasteiger partial charge is 0.378 e. The van der Waals surface area contributed by atoms with Crippen LogP contribution in [0.2, 0.25) is 0 Å². The number of carbonyl (C=O) groups excluding carboxylic acids is 1. The van der Waals surface area contributed by atoms with Gasteiger partial charge in [0.05, 0.1) is 23.6 Å². The zero-order chi connectivity index (χ0) is 25.2. The molecule has 3 fully saturated rings. The van der Waals surface area contributed by atoms with Crippen molar-refractivity contribution in [2.75, 3.05) is 72.5 Å². The van der Waals surface area contributed by atoms with Crippen molar-refractivity contribution < 1.29 is 9.53 Å². The van der Waals surface area contributed by atoms with E-state index in [-0.39, 0.29) is 5.91 Å². The van der Waals surface area contributed by atoms with E-state index < -0.39 is 0 Å². The molecule has 3 aliphatic rings. The Hall–Kier alpha value is -2.98. The first-order valence-electron chi connectivity index (χ1n) is 13.6. The Bertz CT molecular complexity index is 1250. The van der Waals surface area contributed by atoms with Gasteiger partial charge in [-0.15, -0.1) is 0 Å². The van der Waals surface area contributed by atoms with Gasteiger partial charge in [0.15, 0.2) is 16.6 Å². The summed E-state index contributed by atoms with van der Waals surface area (Å²) < 4.78 is 6.48. The third-order valence-corrected chi connectivity index (χ3v) is 8.74. The van der Waals surface area contributed by atoms with E-state index in [1.54, 1.807) is 17.4 Å². The van der Waals surface area contributed by atoms with E-state index in [0.29, 0.717) is 24.8 Å². The second kappa shape index (κ2) is 10.8. The molecule has 10 heteroatoms. The van der Waals surface area contributed by atoms with Gasteiger partial charge in [-0.1, -0.05) is 30.7 Å². The Kier molecular flexibility index (Phi) is 7.10. The van der Waals surface area contributed by atoms with E-state index in [2.05, 4.69) is 26.9 Å². The van der Waals surface area contributed by atoms with Gasteiger partial charge in [-0.25, -0.2) is 9.97 Å². The van der Waals surface area contributed by atoms with Crippen LogP contribution in [0.3, 0.4) is 0 Å². The quantitative estimate of drug-likeness (QED) is 0.511. The number of nitrogens with zero attached hydrogens (tertiary/aromatic N) is 6. The fourth-order valence-corrected chi connectivity index (χ4v) is 6.46. The first-order chi connectivity index (χ1) is 18.2. The molecule has 0 saturated carbocycles. The smallest absolute Gasteiger partial charge is 0.274 e. The molecule has 0 radical (unpaired) electrons. The molecular weight excluding hydrogens is 486 g/mol. The number of anilines is 4. The molecule has 0 unspecified atom stereocenters. The molecule has 196 valence electrons. The molecule has 1 N–H and O–H groups in total. The fraction of sp³-hybridized carbons (Fsp3) is 0.556. The van der Waals surface area contributed by atoms with E-state index in [4.69, 9.17) is 19.7 Å². The van der Waals surface area contributed by atoms with Gasteiger partial charge in [0.1, 0.15) is 11.5 Å². The Labute approximate surface area is 221 Å². The summed E-state index contributed by atoms with van der Waals surface area (Å²) in [6.45, 7) is 9.20. The highest BCUT2D eigenvalue weighted by molar-refractivity contribution is 7.22.